The molecule has 20 heavy (non-hydrogen) atoms. The monoisotopic (exact) mass is 284 g/mol. The van der Waals surface area contributed by atoms with E-state index < -0.39 is 35.0 Å². The minimum absolute atomic E-state index is 0.294. The zero-order valence-electron chi connectivity index (χ0n) is 10.5. The Balaban J connectivity index is 2.22. The van der Waals surface area contributed by atoms with Crippen LogP contribution in [0.15, 0.2) is 12.1 Å². The van der Waals surface area contributed by atoms with Crippen molar-refractivity contribution in [2.45, 2.75) is 25.3 Å². The fourth-order valence-electron chi connectivity index (χ4n) is 2.35. The zero-order valence-corrected chi connectivity index (χ0v) is 10.5. The number of hydrogen-bond acceptors (Lipinski definition) is 3. The Morgan fingerprint density at radius 2 is 1.95 bits per heavy atom. The number of benzene rings is 1. The fourth-order valence-corrected chi connectivity index (χ4v) is 2.35. The Kier molecular flexibility index (Phi) is 3.99. The SMILES string of the molecule is NC1CCCC1C(=O)Nc1cc(C(=O)O)c(F)cc1F. The maximum Gasteiger partial charge on any atom is 0.338 e. The van der Waals surface area contributed by atoms with Crippen molar-refractivity contribution < 1.29 is 23.5 Å². The predicted octanol–water partition coefficient (Wildman–Crippen LogP) is 1.73. The van der Waals surface area contributed by atoms with Crippen LogP contribution in [0.1, 0.15) is 29.6 Å². The highest BCUT2D eigenvalue weighted by Crippen LogP contribution is 2.26. The second-order valence-electron chi connectivity index (χ2n) is 4.81. The summed E-state index contributed by atoms with van der Waals surface area (Å²) in [6, 6.07) is 0.913. The minimum atomic E-state index is -1.53. The predicted molar refractivity (Wildman–Crippen MR) is 67.3 cm³/mol. The summed E-state index contributed by atoms with van der Waals surface area (Å²) in [6.45, 7) is 0. The molecule has 1 aromatic rings. The Bertz CT molecular complexity index is 563. The van der Waals surface area contributed by atoms with E-state index in [0.29, 0.717) is 18.9 Å². The number of carbonyl (C=O) groups is 2. The molecule has 2 atom stereocenters. The summed E-state index contributed by atoms with van der Waals surface area (Å²) in [6.07, 6.45) is 2.12. The number of nitrogens with one attached hydrogen (secondary N) is 1. The molecule has 4 N–H and O–H groups in total. The standard InChI is InChI=1S/C13H14F2N2O3/c14-8-5-9(15)11(4-7(8)13(19)20)17-12(18)6-2-1-3-10(6)16/h4-6,10H,1-3,16H2,(H,17,18)(H,19,20). The van der Waals surface area contributed by atoms with Crippen LogP contribution < -0.4 is 11.1 Å². The average molecular weight is 284 g/mol. The van der Waals surface area contributed by atoms with E-state index in [1.807, 2.05) is 0 Å². The van der Waals surface area contributed by atoms with Crippen LogP contribution in [0.5, 0.6) is 0 Å². The van der Waals surface area contributed by atoms with Crippen LogP contribution in [-0.2, 0) is 4.79 Å². The molecule has 0 aromatic heterocycles. The van der Waals surface area contributed by atoms with E-state index in [0.717, 1.165) is 12.5 Å². The first kappa shape index (κ1) is 14.4. The largest absolute Gasteiger partial charge is 0.478 e. The highest BCUT2D eigenvalue weighted by atomic mass is 19.1. The van der Waals surface area contributed by atoms with Gasteiger partial charge in [-0.05, 0) is 18.9 Å². The van der Waals surface area contributed by atoms with Crippen LogP contribution in [-0.4, -0.2) is 23.0 Å². The summed E-state index contributed by atoms with van der Waals surface area (Å²) in [5, 5.41) is 11.1. The molecule has 1 aromatic carbocycles. The Hall–Kier alpha value is -2.02. The molecule has 5 nitrogen and oxygen atoms in total. The summed E-state index contributed by atoms with van der Waals surface area (Å²) in [5.74, 6) is -4.65. The number of amides is 1. The fraction of sp³-hybridized carbons (Fsp3) is 0.385. The van der Waals surface area contributed by atoms with Crippen molar-refractivity contribution in [3.8, 4) is 0 Å². The van der Waals surface area contributed by atoms with Crippen molar-refractivity contribution in [2.75, 3.05) is 5.32 Å². The van der Waals surface area contributed by atoms with E-state index in [-0.39, 0.29) is 11.7 Å². The topological polar surface area (TPSA) is 92.4 Å². The number of nitrogens with two attached hydrogens (primary N) is 1. The van der Waals surface area contributed by atoms with Crippen molar-refractivity contribution in [2.24, 2.45) is 11.7 Å². The maximum atomic E-state index is 13.6. The van der Waals surface area contributed by atoms with Crippen LogP contribution >= 0.6 is 0 Å². The number of carboxylic acids is 1. The summed E-state index contributed by atoms with van der Waals surface area (Å²) in [4.78, 5) is 22.7. The zero-order chi connectivity index (χ0) is 14.9. The van der Waals surface area contributed by atoms with E-state index in [1.165, 1.54) is 0 Å². The van der Waals surface area contributed by atoms with Gasteiger partial charge in [-0.1, -0.05) is 6.42 Å². The number of anilines is 1. The highest BCUT2D eigenvalue weighted by Gasteiger charge is 2.31. The van der Waals surface area contributed by atoms with Gasteiger partial charge in [0, 0.05) is 12.1 Å². The van der Waals surface area contributed by atoms with Crippen LogP contribution in [0.2, 0.25) is 0 Å². The van der Waals surface area contributed by atoms with Crippen molar-refractivity contribution in [1.82, 2.24) is 0 Å². The van der Waals surface area contributed by atoms with E-state index in [2.05, 4.69) is 5.32 Å². The van der Waals surface area contributed by atoms with E-state index in [1.54, 1.807) is 0 Å². The van der Waals surface area contributed by atoms with E-state index in [9.17, 15) is 18.4 Å². The van der Waals surface area contributed by atoms with Gasteiger partial charge in [0.15, 0.2) is 0 Å². The smallest absolute Gasteiger partial charge is 0.338 e. The molecule has 2 rings (SSSR count). The van der Waals surface area contributed by atoms with Crippen molar-refractivity contribution in [3.05, 3.63) is 29.3 Å². The lowest BCUT2D eigenvalue weighted by atomic mass is 10.0. The van der Waals surface area contributed by atoms with Crippen molar-refractivity contribution in [3.63, 3.8) is 0 Å². The second kappa shape index (κ2) is 5.54. The van der Waals surface area contributed by atoms with Gasteiger partial charge in [-0.25, -0.2) is 13.6 Å². The lowest BCUT2D eigenvalue weighted by Gasteiger charge is -2.15. The Labute approximate surface area is 113 Å². The first-order valence-corrected chi connectivity index (χ1v) is 6.19. The summed E-state index contributed by atoms with van der Waals surface area (Å²) in [5.41, 5.74) is 4.71. The maximum absolute atomic E-state index is 13.6. The van der Waals surface area contributed by atoms with Gasteiger partial charge >= 0.3 is 5.97 Å². The number of carbonyl (C=O) groups excluding carboxylic acids is 1. The second-order valence-corrected chi connectivity index (χ2v) is 4.81. The van der Waals surface area contributed by atoms with Crippen molar-refractivity contribution >= 4 is 17.6 Å². The van der Waals surface area contributed by atoms with Crippen LogP contribution in [0.25, 0.3) is 0 Å². The normalized spacial score (nSPS) is 21.8. The molecule has 0 aliphatic heterocycles. The van der Waals surface area contributed by atoms with Gasteiger partial charge < -0.3 is 16.2 Å². The third-order valence-electron chi connectivity index (χ3n) is 3.45. The quantitative estimate of drug-likeness (QED) is 0.788. The van der Waals surface area contributed by atoms with E-state index >= 15 is 0 Å². The molecule has 0 spiro atoms. The van der Waals surface area contributed by atoms with Gasteiger partial charge in [-0.15, -0.1) is 0 Å². The van der Waals surface area contributed by atoms with Gasteiger partial charge in [-0.3, -0.25) is 4.79 Å². The number of carboxylic acid groups (broad SMARTS) is 1. The number of halogens is 2. The van der Waals surface area contributed by atoms with Crippen LogP contribution in [0.3, 0.4) is 0 Å². The Morgan fingerprint density at radius 3 is 2.50 bits per heavy atom. The summed E-state index contributed by atoms with van der Waals surface area (Å²) in [7, 11) is 0. The third kappa shape index (κ3) is 2.77. The average Bonchev–Trinajstić information content (AvgIpc) is 2.78. The summed E-state index contributed by atoms with van der Waals surface area (Å²) >= 11 is 0. The summed E-state index contributed by atoms with van der Waals surface area (Å²) < 4.78 is 26.8. The highest BCUT2D eigenvalue weighted by molar-refractivity contribution is 5.95. The lowest BCUT2D eigenvalue weighted by molar-refractivity contribution is -0.120. The van der Waals surface area contributed by atoms with Gasteiger partial charge in [0.05, 0.1) is 17.2 Å². The number of rotatable bonds is 3. The molecule has 0 bridgehead atoms. The molecule has 7 heteroatoms. The number of hydrogen-bond donors (Lipinski definition) is 3. The lowest BCUT2D eigenvalue weighted by Crippen LogP contribution is -2.34. The molecular weight excluding hydrogens is 270 g/mol. The van der Waals surface area contributed by atoms with E-state index in [4.69, 9.17) is 10.8 Å². The van der Waals surface area contributed by atoms with Crippen molar-refractivity contribution in [1.29, 1.82) is 0 Å². The molecule has 1 aliphatic rings. The molecule has 2 unspecified atom stereocenters. The first-order valence-electron chi connectivity index (χ1n) is 6.19. The van der Waals surface area contributed by atoms with Gasteiger partial charge in [0.25, 0.3) is 0 Å². The number of aromatic carboxylic acids is 1. The molecule has 0 heterocycles. The molecule has 1 fully saturated rings. The molecular formula is C13H14F2N2O3. The molecule has 1 amide bonds. The van der Waals surface area contributed by atoms with Gasteiger partial charge in [0.2, 0.25) is 5.91 Å². The molecule has 0 radical (unpaired) electrons. The Morgan fingerprint density at radius 1 is 1.25 bits per heavy atom. The van der Waals surface area contributed by atoms with Crippen LogP contribution in [0.4, 0.5) is 14.5 Å². The van der Waals surface area contributed by atoms with Gasteiger partial charge in [-0.2, -0.15) is 0 Å². The first-order chi connectivity index (χ1) is 9.40. The molecule has 0 saturated heterocycles. The minimum Gasteiger partial charge on any atom is -0.478 e. The molecule has 1 saturated carbocycles. The molecule has 108 valence electrons. The molecule has 1 aliphatic carbocycles. The van der Waals surface area contributed by atoms with Crippen LogP contribution in [0, 0.1) is 17.6 Å². The third-order valence-corrected chi connectivity index (χ3v) is 3.45. The van der Waals surface area contributed by atoms with Gasteiger partial charge in [0.1, 0.15) is 11.6 Å².